The van der Waals surface area contributed by atoms with Crippen molar-refractivity contribution in [3.63, 3.8) is 0 Å². The molecule has 0 radical (unpaired) electrons. The van der Waals surface area contributed by atoms with Crippen LogP contribution >= 0.6 is 0 Å². The summed E-state index contributed by atoms with van der Waals surface area (Å²) in [5.41, 5.74) is 0. The summed E-state index contributed by atoms with van der Waals surface area (Å²) in [4.78, 5) is 0. The minimum absolute atomic E-state index is 0.792. The molecule has 0 aromatic carbocycles. The van der Waals surface area contributed by atoms with Crippen molar-refractivity contribution in [1.82, 2.24) is 0 Å². The number of rotatable bonds is 2. The third kappa shape index (κ3) is 16.4. The molecule has 0 saturated carbocycles. The Bertz CT molecular complexity index is 81.4. The molecule has 0 spiro atoms. The lowest BCUT2D eigenvalue weighted by molar-refractivity contribution is 0.183. The molecule has 2 unspecified atom stereocenters. The monoisotopic (exact) mass is 232 g/mol. The molecule has 16 heavy (non-hydrogen) atoms. The SMILES string of the molecule is CC.CC.CC1COCC1C.CCCCC. The second-order valence-electron chi connectivity index (χ2n) is 3.85. The fourth-order valence-electron chi connectivity index (χ4n) is 1.12. The predicted octanol–water partition coefficient (Wildman–Crippen LogP) is 5.54. The first-order valence-corrected chi connectivity index (χ1v) is 7.30. The smallest absolute Gasteiger partial charge is 0.0495 e. The third-order valence-electron chi connectivity index (χ3n) is 2.44. The van der Waals surface area contributed by atoms with Crippen molar-refractivity contribution in [3.05, 3.63) is 0 Å². The van der Waals surface area contributed by atoms with Gasteiger partial charge in [0.1, 0.15) is 0 Å². The van der Waals surface area contributed by atoms with Crippen molar-refractivity contribution in [3.8, 4) is 0 Å². The summed E-state index contributed by atoms with van der Waals surface area (Å²) in [5.74, 6) is 1.58. The highest BCUT2D eigenvalue weighted by molar-refractivity contribution is 4.65. The molecule has 1 heterocycles. The van der Waals surface area contributed by atoms with Crippen LogP contribution < -0.4 is 0 Å². The van der Waals surface area contributed by atoms with Gasteiger partial charge in [-0.3, -0.25) is 0 Å². The maximum Gasteiger partial charge on any atom is 0.0495 e. The molecule has 1 nitrogen and oxygen atoms in total. The van der Waals surface area contributed by atoms with E-state index in [2.05, 4.69) is 27.7 Å². The van der Waals surface area contributed by atoms with E-state index in [1.807, 2.05) is 27.7 Å². The van der Waals surface area contributed by atoms with Gasteiger partial charge >= 0.3 is 0 Å². The highest BCUT2D eigenvalue weighted by Crippen LogP contribution is 2.17. The quantitative estimate of drug-likeness (QED) is 0.607. The fraction of sp³-hybridized carbons (Fsp3) is 1.00. The highest BCUT2D eigenvalue weighted by atomic mass is 16.5. The summed E-state index contributed by atoms with van der Waals surface area (Å²) in [5, 5.41) is 0. The lowest BCUT2D eigenvalue weighted by Gasteiger charge is -2.01. The van der Waals surface area contributed by atoms with Gasteiger partial charge in [-0.25, -0.2) is 0 Å². The van der Waals surface area contributed by atoms with Gasteiger partial charge in [0, 0.05) is 13.2 Å². The summed E-state index contributed by atoms with van der Waals surface area (Å²) in [7, 11) is 0. The molecule has 1 saturated heterocycles. The van der Waals surface area contributed by atoms with Crippen molar-refractivity contribution in [1.29, 1.82) is 0 Å². The Kier molecular flexibility index (Phi) is 27.1. The van der Waals surface area contributed by atoms with E-state index < -0.39 is 0 Å². The fourth-order valence-corrected chi connectivity index (χ4v) is 1.12. The first kappa shape index (κ1) is 21.3. The molecule has 0 aromatic heterocycles. The van der Waals surface area contributed by atoms with Gasteiger partial charge in [0.05, 0.1) is 0 Å². The molecule has 2 atom stereocenters. The van der Waals surface area contributed by atoms with Gasteiger partial charge < -0.3 is 4.74 Å². The lowest BCUT2D eigenvalue weighted by Crippen LogP contribution is -2.01. The Morgan fingerprint density at radius 2 is 1.12 bits per heavy atom. The average molecular weight is 232 g/mol. The molecule has 1 aliphatic heterocycles. The molecule has 0 N–H and O–H groups in total. The second kappa shape index (κ2) is 20.4. The molecule has 1 heteroatoms. The molecule has 0 aliphatic carbocycles. The van der Waals surface area contributed by atoms with Gasteiger partial charge in [0.2, 0.25) is 0 Å². The van der Waals surface area contributed by atoms with Crippen LogP contribution in [0.4, 0.5) is 0 Å². The molecule has 0 bridgehead atoms. The Morgan fingerprint density at radius 1 is 0.812 bits per heavy atom. The minimum Gasteiger partial charge on any atom is -0.381 e. The van der Waals surface area contributed by atoms with Crippen molar-refractivity contribution in [2.75, 3.05) is 13.2 Å². The first-order valence-electron chi connectivity index (χ1n) is 7.30. The van der Waals surface area contributed by atoms with E-state index >= 15 is 0 Å². The van der Waals surface area contributed by atoms with E-state index in [0.29, 0.717) is 0 Å². The van der Waals surface area contributed by atoms with Crippen LogP contribution in [0.25, 0.3) is 0 Å². The summed E-state index contributed by atoms with van der Waals surface area (Å²) in [6.45, 7) is 18.8. The third-order valence-corrected chi connectivity index (χ3v) is 2.44. The molecule has 0 amide bonds. The van der Waals surface area contributed by atoms with Gasteiger partial charge in [0.15, 0.2) is 0 Å². The van der Waals surface area contributed by atoms with Crippen LogP contribution in [-0.2, 0) is 4.74 Å². The molecular weight excluding hydrogens is 196 g/mol. The number of unbranched alkanes of at least 4 members (excludes halogenated alkanes) is 2. The largest absolute Gasteiger partial charge is 0.381 e. The van der Waals surface area contributed by atoms with Gasteiger partial charge in [-0.1, -0.05) is 74.7 Å². The van der Waals surface area contributed by atoms with E-state index in [1.165, 1.54) is 19.3 Å². The lowest BCUT2D eigenvalue weighted by atomic mass is 10.0. The summed E-state index contributed by atoms with van der Waals surface area (Å²) < 4.78 is 5.17. The van der Waals surface area contributed by atoms with Crippen LogP contribution in [0.1, 0.15) is 74.7 Å². The number of hydrogen-bond acceptors (Lipinski definition) is 1. The van der Waals surface area contributed by atoms with Crippen molar-refractivity contribution < 1.29 is 4.74 Å². The van der Waals surface area contributed by atoms with Gasteiger partial charge in [-0.05, 0) is 11.8 Å². The average Bonchev–Trinajstić information content (AvgIpc) is 2.71. The van der Waals surface area contributed by atoms with Crippen LogP contribution in [-0.4, -0.2) is 13.2 Å². The topological polar surface area (TPSA) is 9.23 Å². The number of ether oxygens (including phenoxy) is 1. The van der Waals surface area contributed by atoms with Gasteiger partial charge in [0.25, 0.3) is 0 Å². The predicted molar refractivity (Wildman–Crippen MR) is 77.0 cm³/mol. The normalized spacial score (nSPS) is 21.8. The zero-order valence-corrected chi connectivity index (χ0v) is 13.1. The van der Waals surface area contributed by atoms with Crippen LogP contribution in [0.3, 0.4) is 0 Å². The molecule has 102 valence electrons. The first-order chi connectivity index (χ1) is 7.72. The minimum atomic E-state index is 0.792. The van der Waals surface area contributed by atoms with E-state index in [0.717, 1.165) is 25.0 Å². The summed E-state index contributed by atoms with van der Waals surface area (Å²) >= 11 is 0. The van der Waals surface area contributed by atoms with Gasteiger partial charge in [-0.15, -0.1) is 0 Å². The Balaban J connectivity index is -0.000000167. The zero-order chi connectivity index (χ0) is 13.4. The Hall–Kier alpha value is -0.0400. The molecule has 1 rings (SSSR count). The van der Waals surface area contributed by atoms with E-state index in [-0.39, 0.29) is 0 Å². The van der Waals surface area contributed by atoms with Crippen LogP contribution in [0.5, 0.6) is 0 Å². The van der Waals surface area contributed by atoms with Crippen LogP contribution in [0, 0.1) is 11.8 Å². The summed E-state index contributed by atoms with van der Waals surface area (Å²) in [6, 6.07) is 0. The number of hydrogen-bond donors (Lipinski definition) is 0. The van der Waals surface area contributed by atoms with Crippen LogP contribution in [0.2, 0.25) is 0 Å². The standard InChI is InChI=1S/C6H12O.C5H12.2C2H6/c1-5-3-7-4-6(5)2;1-3-5-4-2;2*1-2/h5-6H,3-4H2,1-2H3;3-5H2,1-2H3;2*1-2H3. The van der Waals surface area contributed by atoms with Crippen molar-refractivity contribution in [2.45, 2.75) is 74.7 Å². The van der Waals surface area contributed by atoms with Crippen molar-refractivity contribution >= 4 is 0 Å². The molecule has 1 fully saturated rings. The summed E-state index contributed by atoms with van der Waals surface area (Å²) in [6.07, 6.45) is 4.08. The maximum absolute atomic E-state index is 5.17. The molecular formula is C15H36O. The van der Waals surface area contributed by atoms with E-state index in [1.54, 1.807) is 0 Å². The molecule has 0 aromatic rings. The molecule has 1 aliphatic rings. The van der Waals surface area contributed by atoms with E-state index in [4.69, 9.17) is 4.74 Å². The zero-order valence-electron chi connectivity index (χ0n) is 13.1. The maximum atomic E-state index is 5.17. The van der Waals surface area contributed by atoms with E-state index in [9.17, 15) is 0 Å². The van der Waals surface area contributed by atoms with Gasteiger partial charge in [-0.2, -0.15) is 0 Å². The van der Waals surface area contributed by atoms with Crippen LogP contribution in [0.15, 0.2) is 0 Å². The second-order valence-corrected chi connectivity index (χ2v) is 3.85. The highest BCUT2D eigenvalue weighted by Gasteiger charge is 2.18. The Morgan fingerprint density at radius 3 is 1.19 bits per heavy atom. The Labute approximate surface area is 105 Å². The van der Waals surface area contributed by atoms with Crippen molar-refractivity contribution in [2.24, 2.45) is 11.8 Å².